The Morgan fingerprint density at radius 3 is 2.25 bits per heavy atom. The highest BCUT2D eigenvalue weighted by Gasteiger charge is 2.33. The molecule has 1 aromatic rings. The van der Waals surface area contributed by atoms with Crippen molar-refractivity contribution < 1.29 is 26.7 Å². The van der Waals surface area contributed by atoms with E-state index in [4.69, 9.17) is 5.73 Å². The Morgan fingerprint density at radius 2 is 1.81 bits per heavy atom. The molecule has 0 aliphatic carbocycles. The lowest BCUT2D eigenvalue weighted by Crippen LogP contribution is -2.18. The standard InChI is InChI=1S/C8H5BrF5NO/c9-6-4(7(10)11)1-3(15)2-5(6)16-8(12,13)14/h1-2,7H,15H2. The van der Waals surface area contributed by atoms with Crippen LogP contribution in [0.3, 0.4) is 0 Å². The first-order valence-electron chi connectivity index (χ1n) is 3.83. The van der Waals surface area contributed by atoms with Crippen molar-refractivity contribution >= 4 is 21.6 Å². The summed E-state index contributed by atoms with van der Waals surface area (Å²) in [6.45, 7) is 0. The second-order valence-electron chi connectivity index (χ2n) is 2.77. The van der Waals surface area contributed by atoms with Crippen LogP contribution in [0, 0.1) is 0 Å². The Kier molecular flexibility index (Phi) is 3.61. The van der Waals surface area contributed by atoms with Gasteiger partial charge in [0.25, 0.3) is 6.43 Å². The van der Waals surface area contributed by atoms with E-state index in [0.29, 0.717) is 0 Å². The molecule has 0 amide bonds. The summed E-state index contributed by atoms with van der Waals surface area (Å²) in [6, 6.07) is 1.68. The van der Waals surface area contributed by atoms with Crippen LogP contribution >= 0.6 is 15.9 Å². The lowest BCUT2D eigenvalue weighted by atomic mass is 10.2. The summed E-state index contributed by atoms with van der Waals surface area (Å²) < 4.78 is 63.6. The molecule has 1 aromatic carbocycles. The number of ether oxygens (including phenoxy) is 1. The zero-order valence-electron chi connectivity index (χ0n) is 7.49. The fourth-order valence-corrected chi connectivity index (χ4v) is 1.48. The van der Waals surface area contributed by atoms with Crippen LogP contribution in [0.4, 0.5) is 27.6 Å². The van der Waals surface area contributed by atoms with Gasteiger partial charge in [0.1, 0.15) is 5.75 Å². The highest BCUT2D eigenvalue weighted by molar-refractivity contribution is 9.10. The van der Waals surface area contributed by atoms with Gasteiger partial charge in [-0.3, -0.25) is 0 Å². The molecule has 0 unspecified atom stereocenters. The minimum absolute atomic E-state index is 0.238. The Labute approximate surface area is 95.3 Å². The van der Waals surface area contributed by atoms with Crippen LogP contribution in [0.25, 0.3) is 0 Å². The summed E-state index contributed by atoms with van der Waals surface area (Å²) in [5.41, 5.74) is 4.29. The van der Waals surface area contributed by atoms with E-state index in [-0.39, 0.29) is 5.69 Å². The van der Waals surface area contributed by atoms with Crippen molar-refractivity contribution in [2.75, 3.05) is 5.73 Å². The van der Waals surface area contributed by atoms with E-state index < -0.39 is 28.6 Å². The molecule has 0 aliphatic heterocycles. The van der Waals surface area contributed by atoms with Crippen molar-refractivity contribution in [3.63, 3.8) is 0 Å². The van der Waals surface area contributed by atoms with Crippen molar-refractivity contribution in [1.29, 1.82) is 0 Å². The molecule has 8 heteroatoms. The van der Waals surface area contributed by atoms with Crippen molar-refractivity contribution in [2.45, 2.75) is 12.8 Å². The van der Waals surface area contributed by atoms with Gasteiger partial charge >= 0.3 is 6.36 Å². The molecule has 0 aliphatic rings. The van der Waals surface area contributed by atoms with Gasteiger partial charge in [0, 0.05) is 17.3 Å². The summed E-state index contributed by atoms with van der Waals surface area (Å²) in [5, 5.41) is 0. The summed E-state index contributed by atoms with van der Waals surface area (Å²) >= 11 is 2.61. The molecule has 16 heavy (non-hydrogen) atoms. The van der Waals surface area contributed by atoms with E-state index in [2.05, 4.69) is 20.7 Å². The van der Waals surface area contributed by atoms with Crippen molar-refractivity contribution in [3.8, 4) is 5.75 Å². The summed E-state index contributed by atoms with van der Waals surface area (Å²) in [7, 11) is 0. The van der Waals surface area contributed by atoms with Gasteiger partial charge in [-0.2, -0.15) is 0 Å². The Bertz CT molecular complexity index is 393. The predicted molar refractivity (Wildman–Crippen MR) is 50.2 cm³/mol. The summed E-state index contributed by atoms with van der Waals surface area (Å²) in [5.74, 6) is -0.789. The summed E-state index contributed by atoms with van der Waals surface area (Å²) in [4.78, 5) is 0. The van der Waals surface area contributed by atoms with E-state index >= 15 is 0 Å². The molecule has 0 spiro atoms. The number of anilines is 1. The number of benzene rings is 1. The monoisotopic (exact) mass is 305 g/mol. The summed E-state index contributed by atoms with van der Waals surface area (Å²) in [6.07, 6.45) is -7.91. The highest BCUT2D eigenvalue weighted by Crippen LogP contribution is 2.39. The molecule has 1 rings (SSSR count). The number of hydrogen-bond donors (Lipinski definition) is 1. The topological polar surface area (TPSA) is 35.2 Å². The van der Waals surface area contributed by atoms with Gasteiger partial charge in [-0.25, -0.2) is 8.78 Å². The van der Waals surface area contributed by atoms with Crippen LogP contribution in [-0.2, 0) is 0 Å². The second kappa shape index (κ2) is 4.44. The van der Waals surface area contributed by atoms with Gasteiger partial charge in [0.05, 0.1) is 4.47 Å². The largest absolute Gasteiger partial charge is 0.573 e. The van der Waals surface area contributed by atoms with Crippen LogP contribution in [0.2, 0.25) is 0 Å². The maximum Gasteiger partial charge on any atom is 0.573 e. The smallest absolute Gasteiger partial charge is 0.404 e. The van der Waals surface area contributed by atoms with Gasteiger partial charge in [0.15, 0.2) is 0 Å². The number of hydrogen-bond acceptors (Lipinski definition) is 2. The van der Waals surface area contributed by atoms with E-state index in [9.17, 15) is 22.0 Å². The maximum absolute atomic E-state index is 12.4. The predicted octanol–water partition coefficient (Wildman–Crippen LogP) is 3.87. The SMILES string of the molecule is Nc1cc(OC(F)(F)F)c(Br)c(C(F)F)c1. The maximum atomic E-state index is 12.4. The van der Waals surface area contributed by atoms with Crippen LogP contribution in [0.15, 0.2) is 16.6 Å². The zero-order chi connectivity index (χ0) is 12.5. The third kappa shape index (κ3) is 3.22. The van der Waals surface area contributed by atoms with E-state index in [0.717, 1.165) is 12.1 Å². The van der Waals surface area contributed by atoms with E-state index in [1.807, 2.05) is 0 Å². The number of halogens is 6. The molecule has 2 N–H and O–H groups in total. The second-order valence-corrected chi connectivity index (χ2v) is 3.56. The number of rotatable bonds is 2. The molecular formula is C8H5BrF5NO. The minimum Gasteiger partial charge on any atom is -0.404 e. The van der Waals surface area contributed by atoms with Crippen LogP contribution in [-0.4, -0.2) is 6.36 Å². The zero-order valence-corrected chi connectivity index (χ0v) is 9.07. The fourth-order valence-electron chi connectivity index (χ4n) is 0.999. The molecule has 0 bridgehead atoms. The molecule has 0 radical (unpaired) electrons. The van der Waals surface area contributed by atoms with Gasteiger partial charge in [-0.15, -0.1) is 13.2 Å². The van der Waals surface area contributed by atoms with E-state index in [1.54, 1.807) is 0 Å². The van der Waals surface area contributed by atoms with Crippen molar-refractivity contribution in [3.05, 3.63) is 22.2 Å². The first-order chi connectivity index (χ1) is 7.20. The molecule has 0 aromatic heterocycles. The molecule has 0 saturated carbocycles. The molecule has 0 atom stereocenters. The van der Waals surface area contributed by atoms with Gasteiger partial charge < -0.3 is 10.5 Å². The Hall–Kier alpha value is -1.05. The average Bonchev–Trinajstić information content (AvgIpc) is 2.07. The van der Waals surface area contributed by atoms with Gasteiger partial charge in [0.2, 0.25) is 0 Å². The molecule has 0 fully saturated rings. The highest BCUT2D eigenvalue weighted by atomic mass is 79.9. The Morgan fingerprint density at radius 1 is 1.25 bits per heavy atom. The van der Waals surface area contributed by atoms with Crippen molar-refractivity contribution in [1.82, 2.24) is 0 Å². The molecular weight excluding hydrogens is 301 g/mol. The molecule has 90 valence electrons. The lowest BCUT2D eigenvalue weighted by Gasteiger charge is -2.13. The van der Waals surface area contributed by atoms with Crippen LogP contribution in [0.5, 0.6) is 5.75 Å². The Balaban J connectivity index is 3.19. The van der Waals surface area contributed by atoms with Gasteiger partial charge in [-0.05, 0) is 22.0 Å². The average molecular weight is 306 g/mol. The molecule has 2 nitrogen and oxygen atoms in total. The van der Waals surface area contributed by atoms with Crippen LogP contribution < -0.4 is 10.5 Å². The fraction of sp³-hybridized carbons (Fsp3) is 0.250. The third-order valence-corrected chi connectivity index (χ3v) is 2.40. The lowest BCUT2D eigenvalue weighted by molar-refractivity contribution is -0.274. The van der Waals surface area contributed by atoms with E-state index in [1.165, 1.54) is 0 Å². The normalized spacial score (nSPS) is 11.9. The minimum atomic E-state index is -4.96. The number of nitrogens with two attached hydrogens (primary N) is 1. The third-order valence-electron chi connectivity index (χ3n) is 1.55. The first kappa shape index (κ1) is 13.0. The molecule has 0 saturated heterocycles. The van der Waals surface area contributed by atoms with Gasteiger partial charge in [-0.1, -0.05) is 0 Å². The number of nitrogen functional groups attached to an aromatic ring is 1. The van der Waals surface area contributed by atoms with Crippen LogP contribution in [0.1, 0.15) is 12.0 Å². The number of alkyl halides is 5. The first-order valence-corrected chi connectivity index (χ1v) is 4.63. The van der Waals surface area contributed by atoms with Crippen molar-refractivity contribution in [2.24, 2.45) is 0 Å². The molecule has 0 heterocycles. The quantitative estimate of drug-likeness (QED) is 0.665.